The third kappa shape index (κ3) is 4.90. The van der Waals surface area contributed by atoms with Crippen molar-refractivity contribution in [3.63, 3.8) is 0 Å². The lowest BCUT2D eigenvalue weighted by molar-refractivity contribution is -0.139. The van der Waals surface area contributed by atoms with Gasteiger partial charge in [0.15, 0.2) is 0 Å². The first-order valence-corrected chi connectivity index (χ1v) is 6.39. The van der Waals surface area contributed by atoms with Crippen LogP contribution in [0.3, 0.4) is 0 Å². The first-order chi connectivity index (χ1) is 8.49. The zero-order chi connectivity index (χ0) is 14.1. The Balaban J connectivity index is 5.28. The number of hydrogen-bond donors (Lipinski definition) is 0. The molecule has 0 aliphatic heterocycles. The highest BCUT2D eigenvalue weighted by atomic mass is 16.5. The molecule has 4 heteroatoms. The van der Waals surface area contributed by atoms with Gasteiger partial charge in [-0.3, -0.25) is 0 Å². The van der Waals surface area contributed by atoms with Crippen molar-refractivity contribution in [3.8, 4) is 0 Å². The summed E-state index contributed by atoms with van der Waals surface area (Å²) in [5.41, 5.74) is 0.883. The fourth-order valence-corrected chi connectivity index (χ4v) is 1.84. The SMILES string of the molecule is CCCCC/C(C(=O)OC)=C(/C(=O)OC)C(C)C. The molecule has 0 aromatic carbocycles. The summed E-state index contributed by atoms with van der Waals surface area (Å²) in [4.78, 5) is 23.5. The molecule has 0 heterocycles. The quantitative estimate of drug-likeness (QED) is 0.399. The minimum atomic E-state index is -0.443. The molecule has 0 unspecified atom stereocenters. The van der Waals surface area contributed by atoms with Gasteiger partial charge in [-0.2, -0.15) is 0 Å². The number of methoxy groups -OCH3 is 2. The van der Waals surface area contributed by atoms with Gasteiger partial charge in [0.05, 0.1) is 19.8 Å². The van der Waals surface area contributed by atoms with E-state index in [2.05, 4.69) is 6.92 Å². The van der Waals surface area contributed by atoms with Crippen LogP contribution in [0.15, 0.2) is 11.1 Å². The summed E-state index contributed by atoms with van der Waals surface area (Å²) in [7, 11) is 2.66. The first kappa shape index (κ1) is 16.7. The normalized spacial score (nSPS) is 12.1. The molecule has 0 aliphatic carbocycles. The van der Waals surface area contributed by atoms with Crippen LogP contribution in [0, 0.1) is 5.92 Å². The van der Waals surface area contributed by atoms with E-state index < -0.39 is 11.9 Å². The second kappa shape index (κ2) is 8.72. The molecule has 18 heavy (non-hydrogen) atoms. The Bertz CT molecular complexity index is 316. The van der Waals surface area contributed by atoms with Gasteiger partial charge in [-0.05, 0) is 18.8 Å². The predicted molar refractivity (Wildman–Crippen MR) is 70.0 cm³/mol. The highest BCUT2D eigenvalue weighted by molar-refractivity contribution is 6.00. The minimum Gasteiger partial charge on any atom is -0.466 e. The van der Waals surface area contributed by atoms with E-state index in [0.29, 0.717) is 17.6 Å². The molecule has 0 spiro atoms. The summed E-state index contributed by atoms with van der Waals surface area (Å²) in [6.45, 7) is 5.83. The van der Waals surface area contributed by atoms with E-state index in [-0.39, 0.29) is 5.92 Å². The standard InChI is InChI=1S/C14H24O4/c1-6-7-8-9-11(13(15)17-4)12(10(2)3)14(16)18-5/h10H,6-9H2,1-5H3/b12-11-. The topological polar surface area (TPSA) is 52.6 Å². The molecule has 0 N–H and O–H groups in total. The third-order valence-corrected chi connectivity index (χ3v) is 2.77. The van der Waals surface area contributed by atoms with Gasteiger partial charge in [-0.1, -0.05) is 33.6 Å². The number of unbranched alkanes of at least 4 members (excludes halogenated alkanes) is 2. The molecule has 0 saturated heterocycles. The van der Waals surface area contributed by atoms with Crippen LogP contribution in [0.25, 0.3) is 0 Å². The molecule has 0 amide bonds. The lowest BCUT2D eigenvalue weighted by Gasteiger charge is -2.15. The first-order valence-electron chi connectivity index (χ1n) is 6.39. The van der Waals surface area contributed by atoms with E-state index in [1.54, 1.807) is 0 Å². The molecule has 0 radical (unpaired) electrons. The van der Waals surface area contributed by atoms with Gasteiger partial charge >= 0.3 is 11.9 Å². The smallest absolute Gasteiger partial charge is 0.334 e. The van der Waals surface area contributed by atoms with Crippen LogP contribution in [-0.4, -0.2) is 26.2 Å². The number of rotatable bonds is 7. The van der Waals surface area contributed by atoms with Crippen LogP contribution >= 0.6 is 0 Å². The molecular weight excluding hydrogens is 232 g/mol. The van der Waals surface area contributed by atoms with E-state index >= 15 is 0 Å². The number of ether oxygens (including phenoxy) is 2. The Morgan fingerprint density at radius 2 is 1.56 bits per heavy atom. The summed E-state index contributed by atoms with van der Waals surface area (Å²) in [6, 6.07) is 0. The molecule has 0 bridgehead atoms. The van der Waals surface area contributed by atoms with Gasteiger partial charge < -0.3 is 9.47 Å². The molecule has 0 saturated carbocycles. The molecule has 0 aliphatic rings. The van der Waals surface area contributed by atoms with E-state index in [9.17, 15) is 9.59 Å². The molecule has 0 aromatic heterocycles. The van der Waals surface area contributed by atoms with Crippen LogP contribution < -0.4 is 0 Å². The van der Waals surface area contributed by atoms with Gasteiger partial charge in [0.2, 0.25) is 0 Å². The van der Waals surface area contributed by atoms with Gasteiger partial charge in [-0.25, -0.2) is 9.59 Å². The maximum absolute atomic E-state index is 11.8. The van der Waals surface area contributed by atoms with Crippen LogP contribution in [0.4, 0.5) is 0 Å². The summed E-state index contributed by atoms with van der Waals surface area (Å²) in [5, 5.41) is 0. The monoisotopic (exact) mass is 256 g/mol. The van der Waals surface area contributed by atoms with E-state index in [1.807, 2.05) is 13.8 Å². The van der Waals surface area contributed by atoms with Crippen molar-refractivity contribution in [2.45, 2.75) is 46.5 Å². The van der Waals surface area contributed by atoms with E-state index in [4.69, 9.17) is 9.47 Å². The Hall–Kier alpha value is -1.32. The fraction of sp³-hybridized carbons (Fsp3) is 0.714. The van der Waals surface area contributed by atoms with Gasteiger partial charge in [0, 0.05) is 5.57 Å². The van der Waals surface area contributed by atoms with Crippen LogP contribution in [0.5, 0.6) is 0 Å². The molecule has 0 rings (SSSR count). The van der Waals surface area contributed by atoms with Crippen molar-refractivity contribution in [2.75, 3.05) is 14.2 Å². The molecule has 104 valence electrons. The van der Waals surface area contributed by atoms with Crippen LogP contribution in [-0.2, 0) is 19.1 Å². The number of esters is 2. The van der Waals surface area contributed by atoms with Crippen molar-refractivity contribution < 1.29 is 19.1 Å². The number of carbonyl (C=O) groups excluding carboxylic acids is 2. The minimum absolute atomic E-state index is 0.0619. The van der Waals surface area contributed by atoms with Gasteiger partial charge in [-0.15, -0.1) is 0 Å². The van der Waals surface area contributed by atoms with E-state index in [0.717, 1.165) is 19.3 Å². The summed E-state index contributed by atoms with van der Waals surface area (Å²) >= 11 is 0. The molecule has 0 atom stereocenters. The van der Waals surface area contributed by atoms with Crippen LogP contribution in [0.2, 0.25) is 0 Å². The number of hydrogen-bond acceptors (Lipinski definition) is 4. The maximum atomic E-state index is 11.8. The summed E-state index contributed by atoms with van der Waals surface area (Å²) < 4.78 is 9.52. The highest BCUT2D eigenvalue weighted by Gasteiger charge is 2.24. The Kier molecular flexibility index (Phi) is 8.08. The molecule has 4 nitrogen and oxygen atoms in total. The second-order valence-electron chi connectivity index (χ2n) is 4.49. The number of carbonyl (C=O) groups is 2. The van der Waals surface area contributed by atoms with Gasteiger partial charge in [0.1, 0.15) is 0 Å². The lowest BCUT2D eigenvalue weighted by atomic mass is 9.93. The van der Waals surface area contributed by atoms with Crippen molar-refractivity contribution in [1.29, 1.82) is 0 Å². The summed E-state index contributed by atoms with van der Waals surface area (Å²) in [6.07, 6.45) is 3.51. The highest BCUT2D eigenvalue weighted by Crippen LogP contribution is 2.22. The molecular formula is C14H24O4. The third-order valence-electron chi connectivity index (χ3n) is 2.77. The van der Waals surface area contributed by atoms with Crippen molar-refractivity contribution in [1.82, 2.24) is 0 Å². The maximum Gasteiger partial charge on any atom is 0.334 e. The largest absolute Gasteiger partial charge is 0.466 e. The molecule has 0 fully saturated rings. The predicted octanol–water partition coefficient (Wildman–Crippen LogP) is 2.87. The van der Waals surface area contributed by atoms with Gasteiger partial charge in [0.25, 0.3) is 0 Å². The van der Waals surface area contributed by atoms with Crippen LogP contribution in [0.1, 0.15) is 46.5 Å². The van der Waals surface area contributed by atoms with Crippen molar-refractivity contribution in [3.05, 3.63) is 11.1 Å². The van der Waals surface area contributed by atoms with Crippen molar-refractivity contribution >= 4 is 11.9 Å². The Morgan fingerprint density at radius 1 is 1.00 bits per heavy atom. The molecule has 0 aromatic rings. The fourth-order valence-electron chi connectivity index (χ4n) is 1.84. The zero-order valence-corrected chi connectivity index (χ0v) is 12.0. The average Bonchev–Trinajstić information content (AvgIpc) is 2.35. The Labute approximate surface area is 109 Å². The van der Waals surface area contributed by atoms with E-state index in [1.165, 1.54) is 14.2 Å². The average molecular weight is 256 g/mol. The summed E-state index contributed by atoms with van der Waals surface area (Å²) in [5.74, 6) is -0.935. The second-order valence-corrected chi connectivity index (χ2v) is 4.49. The van der Waals surface area contributed by atoms with Crippen molar-refractivity contribution in [2.24, 2.45) is 5.92 Å². The lowest BCUT2D eigenvalue weighted by Crippen LogP contribution is -2.18. The zero-order valence-electron chi connectivity index (χ0n) is 12.0. The Morgan fingerprint density at radius 3 is 1.94 bits per heavy atom.